The van der Waals surface area contributed by atoms with E-state index in [2.05, 4.69) is 59.7 Å². The van der Waals surface area contributed by atoms with Crippen LogP contribution in [0.5, 0.6) is 5.75 Å². The van der Waals surface area contributed by atoms with Gasteiger partial charge in [-0.1, -0.05) is 12.1 Å². The Morgan fingerprint density at radius 2 is 1.70 bits per heavy atom. The number of hydrogen-bond donors (Lipinski definition) is 3. The zero-order valence-corrected chi connectivity index (χ0v) is 26.6. The zero-order valence-electron chi connectivity index (χ0n) is 25.7. The smallest absolute Gasteiger partial charge is 0.231 e. The second-order valence-corrected chi connectivity index (χ2v) is 14.3. The van der Waals surface area contributed by atoms with E-state index in [0.29, 0.717) is 40.3 Å². The number of aromatic amines is 1. The minimum absolute atomic E-state index is 0.213. The first-order valence-electron chi connectivity index (χ1n) is 15.2. The summed E-state index contributed by atoms with van der Waals surface area (Å²) in [5, 5.41) is 13.6. The van der Waals surface area contributed by atoms with Crippen molar-refractivity contribution >= 4 is 49.7 Å². The zero-order chi connectivity index (χ0) is 30.8. The predicted octanol–water partition coefficient (Wildman–Crippen LogP) is 4.25. The number of likely N-dealkylation sites (N-methyl/N-ethyl adjacent to an activating group) is 1. The lowest BCUT2D eigenvalue weighted by Gasteiger charge is -2.42. The normalized spacial score (nSPS) is 17.3. The topological polar surface area (TPSA) is 132 Å². The molecule has 44 heavy (non-hydrogen) atoms. The quantitative estimate of drug-likeness (QED) is 0.249. The number of nitrogens with zero attached hydrogens (tertiary/aromatic N) is 6. The summed E-state index contributed by atoms with van der Waals surface area (Å²) in [4.78, 5) is 17.0. The summed E-state index contributed by atoms with van der Waals surface area (Å²) in [5.74, 6) is 1.42. The van der Waals surface area contributed by atoms with Crippen molar-refractivity contribution in [1.82, 2.24) is 30.0 Å². The third-order valence-corrected chi connectivity index (χ3v) is 10.9. The van der Waals surface area contributed by atoms with Gasteiger partial charge in [0.05, 0.1) is 40.2 Å². The van der Waals surface area contributed by atoms with Crippen molar-refractivity contribution in [3.63, 3.8) is 0 Å². The van der Waals surface area contributed by atoms with Crippen LogP contribution in [0.2, 0.25) is 0 Å². The molecule has 2 aromatic heterocycles. The summed E-state index contributed by atoms with van der Waals surface area (Å²) in [6.07, 6.45) is 3.92. The van der Waals surface area contributed by atoms with Crippen LogP contribution in [0.4, 0.5) is 28.8 Å². The third-order valence-electron chi connectivity index (χ3n) is 8.69. The number of aromatic nitrogens is 4. The Labute approximate surface area is 258 Å². The molecule has 2 aromatic carbocycles. The van der Waals surface area contributed by atoms with Gasteiger partial charge in [0.2, 0.25) is 5.95 Å². The summed E-state index contributed by atoms with van der Waals surface area (Å²) in [5.41, 5.74) is 2.79. The largest absolute Gasteiger partial charge is 0.494 e. The lowest BCUT2D eigenvalue weighted by atomic mass is 10.0. The fourth-order valence-electron chi connectivity index (χ4n) is 5.96. The Balaban J connectivity index is 1.20. The molecule has 0 amide bonds. The fourth-order valence-corrected chi connectivity index (χ4v) is 7.16. The molecule has 13 heteroatoms. The molecular formula is C31H41N9O3S. The van der Waals surface area contributed by atoms with Crippen molar-refractivity contribution in [1.29, 1.82) is 0 Å². The predicted molar refractivity (Wildman–Crippen MR) is 174 cm³/mol. The number of anilines is 5. The van der Waals surface area contributed by atoms with Crippen LogP contribution in [0.15, 0.2) is 53.6 Å². The van der Waals surface area contributed by atoms with Crippen molar-refractivity contribution in [3.8, 4) is 5.75 Å². The van der Waals surface area contributed by atoms with Gasteiger partial charge in [-0.2, -0.15) is 15.1 Å². The number of nitrogens with one attached hydrogen (secondary N) is 3. The molecule has 12 nitrogen and oxygen atoms in total. The van der Waals surface area contributed by atoms with Crippen LogP contribution < -0.4 is 20.3 Å². The number of para-hydroxylation sites is 1. The van der Waals surface area contributed by atoms with Crippen LogP contribution in [0.25, 0.3) is 11.0 Å². The molecule has 0 unspecified atom stereocenters. The van der Waals surface area contributed by atoms with Gasteiger partial charge in [0, 0.05) is 57.1 Å². The van der Waals surface area contributed by atoms with Crippen molar-refractivity contribution in [2.75, 3.05) is 69.0 Å². The van der Waals surface area contributed by atoms with E-state index in [0.717, 1.165) is 63.5 Å². The SMILES string of the molecule is COc1cc(N2CCC(N3CCN(C)CC3)CC2)ccc1Nc1nc(Nc2ccccc2S(=O)(=O)C(C)C)c2cn[nH]c2n1. The number of sulfone groups is 1. The summed E-state index contributed by atoms with van der Waals surface area (Å²) in [7, 11) is 0.326. The minimum atomic E-state index is -3.53. The highest BCUT2D eigenvalue weighted by molar-refractivity contribution is 7.92. The number of ether oxygens (including phenoxy) is 1. The number of H-pyrrole nitrogens is 1. The number of hydrogen-bond acceptors (Lipinski definition) is 11. The molecule has 0 bridgehead atoms. The highest BCUT2D eigenvalue weighted by Gasteiger charge is 2.27. The van der Waals surface area contributed by atoms with Gasteiger partial charge >= 0.3 is 0 Å². The maximum atomic E-state index is 13.1. The molecule has 2 fully saturated rings. The van der Waals surface area contributed by atoms with E-state index in [1.807, 2.05) is 6.07 Å². The Kier molecular flexibility index (Phi) is 8.61. The van der Waals surface area contributed by atoms with Gasteiger partial charge in [-0.05, 0) is 58.0 Å². The van der Waals surface area contributed by atoms with Crippen molar-refractivity contribution in [2.45, 2.75) is 42.9 Å². The van der Waals surface area contributed by atoms with Gasteiger partial charge in [-0.3, -0.25) is 10.00 Å². The molecule has 0 saturated carbocycles. The molecule has 6 rings (SSSR count). The van der Waals surface area contributed by atoms with E-state index in [-0.39, 0.29) is 4.90 Å². The van der Waals surface area contributed by atoms with Gasteiger partial charge < -0.3 is 25.2 Å². The van der Waals surface area contributed by atoms with E-state index in [4.69, 9.17) is 9.72 Å². The molecule has 2 aliphatic rings. The fraction of sp³-hybridized carbons (Fsp3) is 0.452. The first kappa shape index (κ1) is 30.1. The second kappa shape index (κ2) is 12.6. The average molecular weight is 620 g/mol. The van der Waals surface area contributed by atoms with Crippen LogP contribution in [-0.2, 0) is 9.84 Å². The van der Waals surface area contributed by atoms with Gasteiger partial charge in [0.25, 0.3) is 0 Å². The van der Waals surface area contributed by atoms with E-state index in [9.17, 15) is 8.42 Å². The molecule has 4 heterocycles. The molecule has 0 radical (unpaired) electrons. The maximum Gasteiger partial charge on any atom is 0.231 e. The van der Waals surface area contributed by atoms with Gasteiger partial charge in [0.15, 0.2) is 15.5 Å². The number of piperidine rings is 1. The first-order chi connectivity index (χ1) is 21.2. The molecule has 2 aliphatic heterocycles. The molecule has 234 valence electrons. The van der Waals surface area contributed by atoms with Gasteiger partial charge in [0.1, 0.15) is 11.6 Å². The molecule has 0 aliphatic carbocycles. The molecule has 0 atom stereocenters. The Morgan fingerprint density at radius 1 is 0.955 bits per heavy atom. The molecule has 4 aromatic rings. The summed E-state index contributed by atoms with van der Waals surface area (Å²) in [6.45, 7) is 9.96. The Morgan fingerprint density at radius 3 is 2.43 bits per heavy atom. The lowest BCUT2D eigenvalue weighted by molar-refractivity contribution is 0.0982. The Bertz CT molecular complexity index is 1710. The molecular weight excluding hydrogens is 578 g/mol. The summed E-state index contributed by atoms with van der Waals surface area (Å²) < 4.78 is 31.9. The standard InChI is InChI=1S/C31H41N9O3S/c1-21(2)44(41,42)28-8-6-5-7-26(28)33-29-24-20-32-37-30(24)36-31(35-29)34-25-10-9-23(19-27(25)43-4)39-13-11-22(12-14-39)40-17-15-38(3)16-18-40/h5-10,19-22H,11-18H2,1-4H3,(H3,32,33,34,35,36,37). The summed E-state index contributed by atoms with van der Waals surface area (Å²) in [6, 6.07) is 13.6. The van der Waals surface area contributed by atoms with Crippen molar-refractivity contribution in [3.05, 3.63) is 48.7 Å². The van der Waals surface area contributed by atoms with E-state index < -0.39 is 15.1 Å². The number of benzene rings is 2. The molecule has 0 spiro atoms. The lowest BCUT2D eigenvalue weighted by Crippen LogP contribution is -2.52. The minimum Gasteiger partial charge on any atom is -0.494 e. The maximum absolute atomic E-state index is 13.1. The van der Waals surface area contributed by atoms with E-state index in [1.54, 1.807) is 51.4 Å². The first-order valence-corrected chi connectivity index (χ1v) is 16.7. The molecule has 2 saturated heterocycles. The highest BCUT2D eigenvalue weighted by Crippen LogP contribution is 2.35. The van der Waals surface area contributed by atoms with Gasteiger partial charge in [-0.15, -0.1) is 0 Å². The van der Waals surface area contributed by atoms with Crippen molar-refractivity contribution in [2.24, 2.45) is 0 Å². The summed E-state index contributed by atoms with van der Waals surface area (Å²) >= 11 is 0. The number of piperazine rings is 1. The van der Waals surface area contributed by atoms with Crippen LogP contribution in [0, 0.1) is 0 Å². The van der Waals surface area contributed by atoms with E-state index in [1.165, 1.54) is 0 Å². The van der Waals surface area contributed by atoms with Gasteiger partial charge in [-0.25, -0.2) is 8.42 Å². The Hall–Kier alpha value is -3.94. The molecule has 3 N–H and O–H groups in total. The van der Waals surface area contributed by atoms with Crippen molar-refractivity contribution < 1.29 is 13.2 Å². The van der Waals surface area contributed by atoms with Crippen LogP contribution >= 0.6 is 0 Å². The van der Waals surface area contributed by atoms with Crippen LogP contribution in [0.3, 0.4) is 0 Å². The number of fused-ring (bicyclic) bond motifs is 1. The van der Waals surface area contributed by atoms with E-state index >= 15 is 0 Å². The van der Waals surface area contributed by atoms with Crippen LogP contribution in [-0.4, -0.2) is 103 Å². The third kappa shape index (κ3) is 6.17. The second-order valence-electron chi connectivity index (χ2n) is 11.8. The number of rotatable bonds is 9. The monoisotopic (exact) mass is 619 g/mol. The highest BCUT2D eigenvalue weighted by atomic mass is 32.2. The number of methoxy groups -OCH3 is 1. The average Bonchev–Trinajstić information content (AvgIpc) is 3.51. The van der Waals surface area contributed by atoms with Crippen LogP contribution in [0.1, 0.15) is 26.7 Å².